The third kappa shape index (κ3) is 4.16. The lowest BCUT2D eigenvalue weighted by molar-refractivity contribution is 0.450. The van der Waals surface area contributed by atoms with Crippen molar-refractivity contribution in [3.05, 3.63) is 34.9 Å². The van der Waals surface area contributed by atoms with Crippen molar-refractivity contribution < 1.29 is 0 Å². The minimum absolute atomic E-state index is 0.681. The van der Waals surface area contributed by atoms with Crippen LogP contribution in [0.25, 0.3) is 0 Å². The van der Waals surface area contributed by atoms with E-state index in [2.05, 4.69) is 45.9 Å². The van der Waals surface area contributed by atoms with Crippen LogP contribution < -0.4 is 5.73 Å². The molecule has 0 spiro atoms. The molecule has 1 unspecified atom stereocenters. The van der Waals surface area contributed by atoms with Crippen molar-refractivity contribution in [3.8, 4) is 0 Å². The van der Waals surface area contributed by atoms with Crippen molar-refractivity contribution in [3.63, 3.8) is 0 Å². The van der Waals surface area contributed by atoms with Crippen LogP contribution in [-0.4, -0.2) is 6.54 Å². The predicted octanol–water partition coefficient (Wildman–Crippen LogP) is 4.17. The molecule has 1 heteroatoms. The highest BCUT2D eigenvalue weighted by Crippen LogP contribution is 2.30. The normalized spacial score (nSPS) is 13.1. The number of hydrogen-bond acceptors (Lipinski definition) is 1. The van der Waals surface area contributed by atoms with E-state index in [0.717, 1.165) is 13.0 Å². The Morgan fingerprint density at radius 1 is 1.06 bits per heavy atom. The lowest BCUT2D eigenvalue weighted by Crippen LogP contribution is -2.08. The van der Waals surface area contributed by atoms with Gasteiger partial charge in [0.05, 0.1) is 0 Å². The van der Waals surface area contributed by atoms with Gasteiger partial charge in [-0.1, -0.05) is 38.5 Å². The van der Waals surface area contributed by atoms with Gasteiger partial charge in [0.15, 0.2) is 0 Å². The first-order valence-electron chi connectivity index (χ1n) is 6.83. The highest BCUT2D eigenvalue weighted by Gasteiger charge is 2.15. The van der Waals surface area contributed by atoms with Crippen molar-refractivity contribution in [1.29, 1.82) is 0 Å². The molecule has 0 heterocycles. The molecule has 0 aliphatic carbocycles. The van der Waals surface area contributed by atoms with E-state index in [0.29, 0.717) is 11.8 Å². The second-order valence-corrected chi connectivity index (χ2v) is 5.48. The van der Waals surface area contributed by atoms with Crippen LogP contribution in [0.1, 0.15) is 55.7 Å². The van der Waals surface area contributed by atoms with Crippen molar-refractivity contribution in [2.24, 2.45) is 11.7 Å². The van der Waals surface area contributed by atoms with E-state index < -0.39 is 0 Å². The molecule has 0 saturated heterocycles. The molecular formula is C16H27N. The van der Waals surface area contributed by atoms with E-state index >= 15 is 0 Å². The maximum absolute atomic E-state index is 5.57. The largest absolute Gasteiger partial charge is 0.330 e. The summed E-state index contributed by atoms with van der Waals surface area (Å²) in [7, 11) is 0. The van der Waals surface area contributed by atoms with Gasteiger partial charge in [-0.15, -0.1) is 0 Å². The van der Waals surface area contributed by atoms with Crippen molar-refractivity contribution >= 4 is 0 Å². The topological polar surface area (TPSA) is 26.0 Å². The van der Waals surface area contributed by atoms with Gasteiger partial charge in [-0.3, -0.25) is 0 Å². The molecule has 17 heavy (non-hydrogen) atoms. The third-order valence-electron chi connectivity index (χ3n) is 3.73. The molecule has 1 nitrogen and oxygen atoms in total. The molecule has 1 atom stereocenters. The van der Waals surface area contributed by atoms with Crippen LogP contribution in [0.15, 0.2) is 18.2 Å². The number of nitrogens with two attached hydrogens (primary N) is 1. The van der Waals surface area contributed by atoms with Crippen molar-refractivity contribution in [1.82, 2.24) is 0 Å². The van der Waals surface area contributed by atoms with E-state index in [9.17, 15) is 0 Å². The van der Waals surface area contributed by atoms with Gasteiger partial charge in [0.2, 0.25) is 0 Å². The molecule has 2 N–H and O–H groups in total. The summed E-state index contributed by atoms with van der Waals surface area (Å²) in [6, 6.07) is 6.92. The van der Waals surface area contributed by atoms with Gasteiger partial charge in [-0.25, -0.2) is 0 Å². The minimum atomic E-state index is 0.681. The standard InChI is InChI=1S/C16H27N/c1-12(2)16(7-5-6-10-17)15-9-8-13(3)14(4)11-15/h8-9,11-12,16H,5-7,10,17H2,1-4H3. The summed E-state index contributed by atoms with van der Waals surface area (Å²) in [6.07, 6.45) is 3.65. The zero-order valence-corrected chi connectivity index (χ0v) is 11.8. The van der Waals surface area contributed by atoms with Crippen LogP contribution in [0.3, 0.4) is 0 Å². The van der Waals surface area contributed by atoms with Crippen LogP contribution in [-0.2, 0) is 0 Å². The van der Waals surface area contributed by atoms with Gasteiger partial charge in [0.25, 0.3) is 0 Å². The summed E-state index contributed by atoms with van der Waals surface area (Å²) >= 11 is 0. The quantitative estimate of drug-likeness (QED) is 0.733. The van der Waals surface area contributed by atoms with Gasteiger partial charge < -0.3 is 5.73 Å². The fourth-order valence-electron chi connectivity index (χ4n) is 2.39. The second kappa shape index (κ2) is 6.80. The Morgan fingerprint density at radius 2 is 1.76 bits per heavy atom. The van der Waals surface area contributed by atoms with Crippen LogP contribution >= 0.6 is 0 Å². The number of benzene rings is 1. The summed E-state index contributed by atoms with van der Waals surface area (Å²) in [5, 5.41) is 0. The highest BCUT2D eigenvalue weighted by atomic mass is 14.5. The first kappa shape index (κ1) is 14.2. The SMILES string of the molecule is Cc1ccc(C(CCCCN)C(C)C)cc1C. The monoisotopic (exact) mass is 233 g/mol. The minimum Gasteiger partial charge on any atom is -0.330 e. The first-order valence-corrected chi connectivity index (χ1v) is 6.83. The maximum atomic E-state index is 5.57. The summed E-state index contributed by atoms with van der Waals surface area (Å²) in [5.74, 6) is 1.38. The highest BCUT2D eigenvalue weighted by molar-refractivity contribution is 5.32. The zero-order chi connectivity index (χ0) is 12.8. The Labute approximate surface area is 106 Å². The van der Waals surface area contributed by atoms with Crippen molar-refractivity contribution in [2.45, 2.75) is 52.9 Å². The van der Waals surface area contributed by atoms with Gasteiger partial charge in [0.1, 0.15) is 0 Å². The van der Waals surface area contributed by atoms with E-state index in [1.165, 1.54) is 29.5 Å². The Morgan fingerprint density at radius 3 is 2.29 bits per heavy atom. The molecule has 0 bridgehead atoms. The van der Waals surface area contributed by atoms with E-state index in [4.69, 9.17) is 5.73 Å². The van der Waals surface area contributed by atoms with Gasteiger partial charge >= 0.3 is 0 Å². The predicted molar refractivity (Wildman–Crippen MR) is 76.4 cm³/mol. The molecule has 1 aromatic rings. The first-order chi connectivity index (χ1) is 8.06. The summed E-state index contributed by atoms with van der Waals surface area (Å²) in [5.41, 5.74) is 9.87. The average Bonchev–Trinajstić information content (AvgIpc) is 2.28. The molecule has 96 valence electrons. The van der Waals surface area contributed by atoms with Gasteiger partial charge in [-0.2, -0.15) is 0 Å². The Bertz CT molecular complexity index is 341. The zero-order valence-electron chi connectivity index (χ0n) is 11.8. The van der Waals surface area contributed by atoms with Crippen LogP contribution in [0.4, 0.5) is 0 Å². The second-order valence-electron chi connectivity index (χ2n) is 5.48. The lowest BCUT2D eigenvalue weighted by Gasteiger charge is -2.22. The maximum Gasteiger partial charge on any atom is -0.00773 e. The number of rotatable bonds is 6. The van der Waals surface area contributed by atoms with E-state index in [1.807, 2.05) is 0 Å². The fraction of sp³-hybridized carbons (Fsp3) is 0.625. The van der Waals surface area contributed by atoms with Gasteiger partial charge in [0, 0.05) is 0 Å². The average molecular weight is 233 g/mol. The molecule has 0 aliphatic rings. The molecule has 0 amide bonds. The van der Waals surface area contributed by atoms with Crippen LogP contribution in [0.5, 0.6) is 0 Å². The Kier molecular flexibility index (Phi) is 5.70. The smallest absolute Gasteiger partial charge is 0.00773 e. The van der Waals surface area contributed by atoms with Crippen LogP contribution in [0, 0.1) is 19.8 Å². The summed E-state index contributed by atoms with van der Waals surface area (Å²) in [6.45, 7) is 9.84. The molecule has 1 rings (SSSR count). The van der Waals surface area contributed by atoms with Crippen LogP contribution in [0.2, 0.25) is 0 Å². The Hall–Kier alpha value is -0.820. The molecule has 0 saturated carbocycles. The third-order valence-corrected chi connectivity index (χ3v) is 3.73. The molecule has 0 fully saturated rings. The lowest BCUT2D eigenvalue weighted by atomic mass is 9.83. The molecule has 1 aromatic carbocycles. The molecule has 0 radical (unpaired) electrons. The van der Waals surface area contributed by atoms with E-state index in [1.54, 1.807) is 0 Å². The summed E-state index contributed by atoms with van der Waals surface area (Å²) in [4.78, 5) is 0. The molecule has 0 aromatic heterocycles. The number of aryl methyl sites for hydroxylation is 2. The molecular weight excluding hydrogens is 206 g/mol. The van der Waals surface area contributed by atoms with Gasteiger partial charge in [-0.05, 0) is 61.8 Å². The fourth-order valence-corrected chi connectivity index (χ4v) is 2.39. The number of hydrogen-bond donors (Lipinski definition) is 1. The van der Waals surface area contributed by atoms with Crippen molar-refractivity contribution in [2.75, 3.05) is 6.54 Å². The molecule has 0 aliphatic heterocycles. The number of unbranched alkanes of at least 4 members (excludes halogenated alkanes) is 1. The Balaban J connectivity index is 2.78. The summed E-state index contributed by atoms with van der Waals surface area (Å²) < 4.78 is 0. The van der Waals surface area contributed by atoms with E-state index in [-0.39, 0.29) is 0 Å².